The second kappa shape index (κ2) is 10.7. The average molecular weight is 542 g/mol. The predicted octanol–water partition coefficient (Wildman–Crippen LogP) is 3.93. The van der Waals surface area contributed by atoms with Gasteiger partial charge in [0.2, 0.25) is 5.91 Å². The Kier molecular flexibility index (Phi) is 7.63. The number of carbonyl (C=O) groups is 2. The normalized spacial score (nSPS) is 13.2. The molecule has 2 heterocycles. The van der Waals surface area contributed by atoms with Crippen LogP contribution in [0.1, 0.15) is 37.0 Å². The summed E-state index contributed by atoms with van der Waals surface area (Å²) in [5.74, 6) is -0.832. The van der Waals surface area contributed by atoms with E-state index in [0.717, 1.165) is 12.8 Å². The summed E-state index contributed by atoms with van der Waals surface area (Å²) in [6.45, 7) is 3.15. The Hall–Kier alpha value is -4.06. The highest BCUT2D eigenvalue weighted by atomic mass is 32.2. The number of anilines is 3. The van der Waals surface area contributed by atoms with Crippen molar-refractivity contribution in [2.45, 2.75) is 36.8 Å². The van der Waals surface area contributed by atoms with E-state index in [0.29, 0.717) is 0 Å². The summed E-state index contributed by atoms with van der Waals surface area (Å²) in [6, 6.07) is 6.78. The van der Waals surface area contributed by atoms with Crippen molar-refractivity contribution >= 4 is 38.8 Å². The molecule has 1 aliphatic rings. The number of hydrogen-bond donors (Lipinski definition) is 3. The lowest BCUT2D eigenvalue weighted by molar-refractivity contribution is -0.117. The number of hydrogen-bond acceptors (Lipinski definition) is 8. The van der Waals surface area contributed by atoms with Crippen LogP contribution in [0.25, 0.3) is 11.3 Å². The first-order valence-electron chi connectivity index (χ1n) is 11.9. The first-order valence-corrected chi connectivity index (χ1v) is 13.5. The molecular formula is C26H28FN5O5S. The summed E-state index contributed by atoms with van der Waals surface area (Å²) in [4.78, 5) is 33.2. The van der Waals surface area contributed by atoms with Gasteiger partial charge in [-0.05, 0) is 44.9 Å². The lowest BCUT2D eigenvalue weighted by atomic mass is 10.1. The largest absolute Gasteiger partial charge is 0.494 e. The lowest BCUT2D eigenvalue weighted by Crippen LogP contribution is -2.20. The lowest BCUT2D eigenvalue weighted by Gasteiger charge is -2.18. The second-order valence-electron chi connectivity index (χ2n) is 9.09. The molecule has 0 saturated heterocycles. The van der Waals surface area contributed by atoms with Crippen LogP contribution in [0, 0.1) is 11.7 Å². The topological polar surface area (TPSA) is 139 Å². The van der Waals surface area contributed by atoms with E-state index in [-0.39, 0.29) is 56.5 Å². The van der Waals surface area contributed by atoms with Crippen molar-refractivity contribution in [3.63, 3.8) is 0 Å². The number of rotatable bonds is 9. The van der Waals surface area contributed by atoms with Crippen molar-refractivity contribution in [2.24, 2.45) is 5.92 Å². The van der Waals surface area contributed by atoms with Gasteiger partial charge in [0, 0.05) is 43.1 Å². The molecule has 0 bridgehead atoms. The van der Waals surface area contributed by atoms with E-state index in [9.17, 15) is 22.4 Å². The Bertz CT molecular complexity index is 1490. The number of nitrogens with one attached hydrogen (secondary N) is 3. The number of methoxy groups -OCH3 is 1. The number of sulfone groups is 1. The first kappa shape index (κ1) is 27.0. The molecule has 1 saturated carbocycles. The van der Waals surface area contributed by atoms with Crippen LogP contribution in [0.3, 0.4) is 0 Å². The zero-order valence-corrected chi connectivity index (χ0v) is 22.1. The van der Waals surface area contributed by atoms with Crippen LogP contribution in [0.5, 0.6) is 5.75 Å². The molecule has 1 fully saturated rings. The molecule has 0 aliphatic heterocycles. The minimum absolute atomic E-state index is 0.0490. The summed E-state index contributed by atoms with van der Waals surface area (Å²) >= 11 is 0. The van der Waals surface area contributed by atoms with Crippen molar-refractivity contribution in [3.05, 3.63) is 54.1 Å². The number of ether oxygens (including phenoxy) is 1. The second-order valence-corrected chi connectivity index (χ2v) is 11.6. The summed E-state index contributed by atoms with van der Waals surface area (Å²) < 4.78 is 45.3. The van der Waals surface area contributed by atoms with Crippen LogP contribution in [0.15, 0.2) is 47.6 Å². The van der Waals surface area contributed by atoms with E-state index in [1.165, 1.54) is 56.9 Å². The molecule has 3 N–H and O–H groups in total. The molecule has 2 aromatic heterocycles. The molecule has 0 spiro atoms. The van der Waals surface area contributed by atoms with Crippen molar-refractivity contribution < 1.29 is 27.1 Å². The quantitative estimate of drug-likeness (QED) is 0.370. The van der Waals surface area contributed by atoms with Crippen molar-refractivity contribution in [1.82, 2.24) is 15.3 Å². The van der Waals surface area contributed by atoms with Gasteiger partial charge in [-0.15, -0.1) is 0 Å². The van der Waals surface area contributed by atoms with E-state index in [2.05, 4.69) is 25.9 Å². The molecule has 1 aromatic carbocycles. The number of halogens is 1. The molecule has 200 valence electrons. The summed E-state index contributed by atoms with van der Waals surface area (Å²) in [5.41, 5.74) is 1.14. The van der Waals surface area contributed by atoms with E-state index in [1.807, 2.05) is 0 Å². The van der Waals surface area contributed by atoms with Crippen molar-refractivity contribution in [1.29, 1.82) is 0 Å². The van der Waals surface area contributed by atoms with Gasteiger partial charge < -0.3 is 20.7 Å². The summed E-state index contributed by atoms with van der Waals surface area (Å²) in [5, 5.41) is 7.66. The Balaban J connectivity index is 1.74. The number of benzene rings is 1. The standard InChI is InChI=1S/C26H28FN5O5S/c1-14(2)38(35,36)17-7-8-20(29-12-17)18-9-16(27)10-22(24(18)37-4)31-21-11-23(32-25(33)15-5-6-15)30-13-19(21)26(34)28-3/h7-15H,5-6H2,1-4H3,(H,28,34)(H2,30,31,32,33). The van der Waals surface area contributed by atoms with Crippen LogP contribution in [0.4, 0.5) is 21.6 Å². The van der Waals surface area contributed by atoms with Crippen LogP contribution < -0.4 is 20.7 Å². The average Bonchev–Trinajstić information content (AvgIpc) is 3.74. The van der Waals surface area contributed by atoms with Gasteiger partial charge in [0.1, 0.15) is 11.6 Å². The monoisotopic (exact) mass is 541 g/mol. The van der Waals surface area contributed by atoms with E-state index in [1.54, 1.807) is 13.8 Å². The third kappa shape index (κ3) is 5.59. The zero-order chi connectivity index (χ0) is 27.6. The zero-order valence-electron chi connectivity index (χ0n) is 21.3. The van der Waals surface area contributed by atoms with E-state index >= 15 is 0 Å². The SMILES string of the molecule is CNC(=O)c1cnc(NC(=O)C2CC2)cc1Nc1cc(F)cc(-c2ccc(S(=O)(=O)C(C)C)cn2)c1OC. The number of aromatic nitrogens is 2. The number of carbonyl (C=O) groups excluding carboxylic acids is 2. The predicted molar refractivity (Wildman–Crippen MR) is 141 cm³/mol. The van der Waals surface area contributed by atoms with Gasteiger partial charge in [0.15, 0.2) is 15.6 Å². The summed E-state index contributed by atoms with van der Waals surface area (Å²) in [7, 11) is -0.674. The minimum Gasteiger partial charge on any atom is -0.494 e. The number of amides is 2. The van der Waals surface area contributed by atoms with E-state index < -0.39 is 26.8 Å². The van der Waals surface area contributed by atoms with Crippen LogP contribution in [0.2, 0.25) is 0 Å². The van der Waals surface area contributed by atoms with Crippen LogP contribution in [-0.4, -0.2) is 49.6 Å². The van der Waals surface area contributed by atoms with Gasteiger partial charge in [-0.25, -0.2) is 17.8 Å². The minimum atomic E-state index is -3.53. The molecule has 10 nitrogen and oxygen atoms in total. The van der Waals surface area contributed by atoms with Gasteiger partial charge in [0.25, 0.3) is 5.91 Å². The molecule has 3 aromatic rings. The van der Waals surface area contributed by atoms with Gasteiger partial charge in [-0.1, -0.05) is 0 Å². The maximum atomic E-state index is 14.8. The third-order valence-corrected chi connectivity index (χ3v) is 8.20. The fraction of sp³-hybridized carbons (Fsp3) is 0.308. The molecule has 1 aliphatic carbocycles. The van der Waals surface area contributed by atoms with Crippen LogP contribution in [-0.2, 0) is 14.6 Å². The van der Waals surface area contributed by atoms with E-state index in [4.69, 9.17) is 4.74 Å². The van der Waals surface area contributed by atoms with Gasteiger partial charge in [-0.2, -0.15) is 0 Å². The first-order chi connectivity index (χ1) is 18.0. The molecule has 0 unspecified atom stereocenters. The number of nitrogens with zero attached hydrogens (tertiary/aromatic N) is 2. The van der Waals surface area contributed by atoms with Gasteiger partial charge in [0.05, 0.1) is 39.9 Å². The smallest absolute Gasteiger partial charge is 0.254 e. The molecule has 4 rings (SSSR count). The third-order valence-electron chi connectivity index (χ3n) is 6.06. The fourth-order valence-electron chi connectivity index (χ4n) is 3.74. The number of pyridine rings is 2. The molecule has 0 atom stereocenters. The van der Waals surface area contributed by atoms with Crippen molar-refractivity contribution in [3.8, 4) is 17.0 Å². The van der Waals surface area contributed by atoms with Crippen LogP contribution >= 0.6 is 0 Å². The van der Waals surface area contributed by atoms with Crippen molar-refractivity contribution in [2.75, 3.05) is 24.8 Å². The Morgan fingerprint density at radius 3 is 2.39 bits per heavy atom. The van der Waals surface area contributed by atoms with Gasteiger partial charge in [-0.3, -0.25) is 14.6 Å². The Labute approximate surface area is 220 Å². The fourth-order valence-corrected chi connectivity index (χ4v) is 4.74. The highest BCUT2D eigenvalue weighted by molar-refractivity contribution is 7.92. The highest BCUT2D eigenvalue weighted by Gasteiger charge is 2.30. The Morgan fingerprint density at radius 1 is 1.08 bits per heavy atom. The maximum absolute atomic E-state index is 14.8. The molecular weight excluding hydrogens is 513 g/mol. The Morgan fingerprint density at radius 2 is 1.82 bits per heavy atom. The molecule has 2 amide bonds. The molecule has 38 heavy (non-hydrogen) atoms. The summed E-state index contributed by atoms with van der Waals surface area (Å²) in [6.07, 6.45) is 4.17. The highest BCUT2D eigenvalue weighted by Crippen LogP contribution is 2.39. The van der Waals surface area contributed by atoms with Gasteiger partial charge >= 0.3 is 0 Å². The maximum Gasteiger partial charge on any atom is 0.254 e. The molecule has 12 heteroatoms. The molecule has 0 radical (unpaired) electrons.